The minimum atomic E-state index is -0.112. The van der Waals surface area contributed by atoms with Crippen molar-refractivity contribution in [2.45, 2.75) is 57.7 Å². The van der Waals surface area contributed by atoms with Crippen LogP contribution in [-0.4, -0.2) is 64.6 Å². The van der Waals surface area contributed by atoms with E-state index in [2.05, 4.69) is 39.8 Å². The summed E-state index contributed by atoms with van der Waals surface area (Å²) >= 11 is 0. The lowest BCUT2D eigenvalue weighted by molar-refractivity contribution is 0.0933. The molecule has 2 aliphatic rings. The lowest BCUT2D eigenvalue weighted by Crippen LogP contribution is -2.41. The Morgan fingerprint density at radius 3 is 2.56 bits per heavy atom. The molecule has 2 fully saturated rings. The van der Waals surface area contributed by atoms with Crippen LogP contribution in [0.3, 0.4) is 0 Å². The van der Waals surface area contributed by atoms with Crippen LogP contribution < -0.4 is 10.6 Å². The molecule has 1 saturated heterocycles. The van der Waals surface area contributed by atoms with Crippen molar-refractivity contribution in [1.29, 1.82) is 0 Å². The van der Waals surface area contributed by atoms with Crippen LogP contribution in [0.1, 0.15) is 54.8 Å². The van der Waals surface area contributed by atoms with Gasteiger partial charge in [0.25, 0.3) is 5.91 Å². The maximum atomic E-state index is 12.4. The highest BCUT2D eigenvalue weighted by Gasteiger charge is 2.29. The van der Waals surface area contributed by atoms with E-state index < -0.39 is 0 Å². The Bertz CT molecular complexity index is 557. The highest BCUT2D eigenvalue weighted by Crippen LogP contribution is 2.26. The predicted molar refractivity (Wildman–Crippen MR) is 103 cm³/mol. The molecule has 1 aliphatic carbocycles. The smallest absolute Gasteiger partial charge is 0.273 e. The van der Waals surface area contributed by atoms with Gasteiger partial charge in [0, 0.05) is 18.6 Å². The Kier molecular flexibility index (Phi) is 8.60. The number of likely N-dealkylation sites (N-methyl/N-ethyl adjacent to an activating group) is 1. The van der Waals surface area contributed by atoms with Gasteiger partial charge in [-0.1, -0.05) is 5.21 Å². The van der Waals surface area contributed by atoms with Gasteiger partial charge in [-0.3, -0.25) is 9.69 Å². The van der Waals surface area contributed by atoms with Gasteiger partial charge in [-0.25, -0.2) is 4.68 Å². The Morgan fingerprint density at radius 2 is 1.96 bits per heavy atom. The summed E-state index contributed by atoms with van der Waals surface area (Å²) in [7, 11) is 2.13. The Labute approximate surface area is 162 Å². The molecule has 144 valence electrons. The van der Waals surface area contributed by atoms with Crippen LogP contribution in [0.15, 0.2) is 0 Å². The highest BCUT2D eigenvalue weighted by atomic mass is 35.5. The molecule has 0 aromatic carbocycles. The van der Waals surface area contributed by atoms with Crippen LogP contribution in [0.5, 0.6) is 0 Å². The summed E-state index contributed by atoms with van der Waals surface area (Å²) in [5, 5.41) is 14.7. The number of hydrogen-bond donors (Lipinski definition) is 2. The zero-order valence-corrected chi connectivity index (χ0v) is 16.8. The number of carbonyl (C=O) groups excluding carboxylic acids is 1. The minimum Gasteiger partial charge on any atom is -0.349 e. The van der Waals surface area contributed by atoms with Crippen molar-refractivity contribution in [2.75, 3.05) is 26.7 Å². The third-order valence-electron chi connectivity index (χ3n) is 5.17. The SMILES string of the molecule is Cc1c(C(=O)NCC(C)N(C)C2CC2)nnn1C1CCNCC1.Cl.Cl. The first kappa shape index (κ1) is 22.2. The van der Waals surface area contributed by atoms with Gasteiger partial charge in [-0.05, 0) is 59.7 Å². The van der Waals surface area contributed by atoms with Crippen LogP contribution in [0, 0.1) is 6.92 Å². The minimum absolute atomic E-state index is 0. The molecule has 2 N–H and O–H groups in total. The summed E-state index contributed by atoms with van der Waals surface area (Å²) < 4.78 is 1.93. The summed E-state index contributed by atoms with van der Waals surface area (Å²) in [6, 6.07) is 1.39. The van der Waals surface area contributed by atoms with E-state index in [0.717, 1.165) is 31.6 Å². The number of nitrogens with one attached hydrogen (secondary N) is 2. The molecule has 9 heteroatoms. The van der Waals surface area contributed by atoms with Crippen molar-refractivity contribution >= 4 is 30.7 Å². The average molecular weight is 393 g/mol. The van der Waals surface area contributed by atoms with E-state index in [1.807, 2.05) is 11.6 Å². The predicted octanol–water partition coefficient (Wildman–Crippen LogP) is 1.57. The fourth-order valence-electron chi connectivity index (χ4n) is 3.26. The Balaban J connectivity index is 0.00000156. The van der Waals surface area contributed by atoms with E-state index in [1.54, 1.807) is 0 Å². The van der Waals surface area contributed by atoms with E-state index >= 15 is 0 Å². The van der Waals surface area contributed by atoms with Gasteiger partial charge in [0.15, 0.2) is 5.69 Å². The maximum Gasteiger partial charge on any atom is 0.273 e. The molecule has 0 bridgehead atoms. The quantitative estimate of drug-likeness (QED) is 0.768. The van der Waals surface area contributed by atoms with E-state index in [9.17, 15) is 4.79 Å². The number of carbonyl (C=O) groups is 1. The molecule has 2 heterocycles. The molecule has 0 radical (unpaired) electrons. The second kappa shape index (κ2) is 9.71. The number of aromatic nitrogens is 3. The first-order valence-electron chi connectivity index (χ1n) is 8.70. The van der Waals surface area contributed by atoms with Crippen LogP contribution in [0.4, 0.5) is 0 Å². The summed E-state index contributed by atoms with van der Waals surface area (Å²) in [5.74, 6) is -0.112. The second-order valence-corrected chi connectivity index (χ2v) is 6.90. The van der Waals surface area contributed by atoms with Crippen molar-refractivity contribution in [2.24, 2.45) is 0 Å². The molecule has 1 atom stereocenters. The van der Waals surface area contributed by atoms with Gasteiger partial charge in [0.2, 0.25) is 0 Å². The summed E-state index contributed by atoms with van der Waals surface area (Å²) in [5.41, 5.74) is 1.34. The fourth-order valence-corrected chi connectivity index (χ4v) is 3.26. The first-order valence-corrected chi connectivity index (χ1v) is 8.70. The Hall–Kier alpha value is -0.890. The first-order chi connectivity index (χ1) is 11.1. The topological polar surface area (TPSA) is 75.1 Å². The molecule has 1 aromatic rings. The third kappa shape index (κ3) is 5.29. The van der Waals surface area contributed by atoms with Gasteiger partial charge >= 0.3 is 0 Å². The zero-order valence-electron chi connectivity index (χ0n) is 15.2. The van der Waals surface area contributed by atoms with Crippen LogP contribution in [0.2, 0.25) is 0 Å². The molecule has 1 amide bonds. The molecule has 3 rings (SSSR count). The van der Waals surface area contributed by atoms with Gasteiger partial charge < -0.3 is 10.6 Å². The molecule has 7 nitrogen and oxygen atoms in total. The second-order valence-electron chi connectivity index (χ2n) is 6.90. The number of halogens is 2. The highest BCUT2D eigenvalue weighted by molar-refractivity contribution is 5.93. The van der Waals surface area contributed by atoms with Crippen molar-refractivity contribution in [1.82, 2.24) is 30.5 Å². The number of nitrogens with zero attached hydrogens (tertiary/aromatic N) is 4. The third-order valence-corrected chi connectivity index (χ3v) is 5.17. The zero-order chi connectivity index (χ0) is 16.4. The maximum absolute atomic E-state index is 12.4. The van der Waals surface area contributed by atoms with Crippen LogP contribution >= 0.6 is 24.8 Å². The van der Waals surface area contributed by atoms with Crippen LogP contribution in [-0.2, 0) is 0 Å². The molecule has 25 heavy (non-hydrogen) atoms. The fraction of sp³-hybridized carbons (Fsp3) is 0.812. The molecular formula is C16H30Cl2N6O. The molecule has 1 aliphatic heterocycles. The summed E-state index contributed by atoms with van der Waals surface area (Å²) in [6.07, 6.45) is 4.62. The number of amides is 1. The average Bonchev–Trinajstić information content (AvgIpc) is 3.35. The largest absolute Gasteiger partial charge is 0.349 e. The lowest BCUT2D eigenvalue weighted by atomic mass is 10.1. The van der Waals surface area contributed by atoms with E-state index in [0.29, 0.717) is 30.4 Å². The van der Waals surface area contributed by atoms with Crippen molar-refractivity contribution < 1.29 is 4.79 Å². The monoisotopic (exact) mass is 392 g/mol. The number of hydrogen-bond acceptors (Lipinski definition) is 5. The van der Waals surface area contributed by atoms with Gasteiger partial charge in [-0.15, -0.1) is 29.9 Å². The standard InChI is InChI=1S/C16H28N6O.2ClH/c1-11(21(3)13-4-5-13)10-18-16(23)15-12(2)22(20-19-15)14-6-8-17-9-7-14;;/h11,13-14,17H,4-10H2,1-3H3,(H,18,23);2*1H. The number of piperidine rings is 1. The van der Waals surface area contributed by atoms with Gasteiger partial charge in [0.05, 0.1) is 11.7 Å². The van der Waals surface area contributed by atoms with Gasteiger partial charge in [-0.2, -0.15) is 0 Å². The molecule has 1 unspecified atom stereocenters. The van der Waals surface area contributed by atoms with Gasteiger partial charge in [0.1, 0.15) is 0 Å². The van der Waals surface area contributed by atoms with E-state index in [4.69, 9.17) is 0 Å². The van der Waals surface area contributed by atoms with E-state index in [1.165, 1.54) is 12.8 Å². The summed E-state index contributed by atoms with van der Waals surface area (Å²) in [4.78, 5) is 14.8. The lowest BCUT2D eigenvalue weighted by Gasteiger charge is -2.24. The van der Waals surface area contributed by atoms with Crippen molar-refractivity contribution in [3.8, 4) is 0 Å². The van der Waals surface area contributed by atoms with Crippen molar-refractivity contribution in [3.05, 3.63) is 11.4 Å². The molecule has 0 spiro atoms. The van der Waals surface area contributed by atoms with Crippen LogP contribution in [0.25, 0.3) is 0 Å². The Morgan fingerprint density at radius 1 is 1.32 bits per heavy atom. The normalized spacial score (nSPS) is 19.0. The van der Waals surface area contributed by atoms with Crippen molar-refractivity contribution in [3.63, 3.8) is 0 Å². The molecule has 1 saturated carbocycles. The van der Waals surface area contributed by atoms with E-state index in [-0.39, 0.29) is 30.7 Å². The summed E-state index contributed by atoms with van der Waals surface area (Å²) in [6.45, 7) is 6.73. The molecule has 1 aromatic heterocycles. The molecular weight excluding hydrogens is 363 g/mol. The number of rotatable bonds is 6.